The van der Waals surface area contributed by atoms with Gasteiger partial charge in [0.25, 0.3) is 5.56 Å². The van der Waals surface area contributed by atoms with Gasteiger partial charge in [-0.3, -0.25) is 9.36 Å². The molecule has 3 aromatic heterocycles. The Morgan fingerprint density at radius 1 is 1.00 bits per heavy atom. The van der Waals surface area contributed by atoms with Gasteiger partial charge in [0.2, 0.25) is 0 Å². The Hall–Kier alpha value is -3.22. The zero-order chi connectivity index (χ0) is 21.2. The molecule has 0 aliphatic heterocycles. The average molecular weight is 442 g/mol. The molecule has 0 fully saturated rings. The van der Waals surface area contributed by atoms with Crippen molar-refractivity contribution < 1.29 is 0 Å². The summed E-state index contributed by atoms with van der Waals surface area (Å²) in [4.78, 5) is 23.7. The highest BCUT2D eigenvalue weighted by Gasteiger charge is 2.17. The topological polar surface area (TPSA) is 47.8 Å². The van der Waals surface area contributed by atoms with E-state index in [0.29, 0.717) is 11.2 Å². The first-order valence-corrected chi connectivity index (χ1v) is 11.7. The van der Waals surface area contributed by atoms with Crippen LogP contribution in [0.15, 0.2) is 89.5 Å². The van der Waals surface area contributed by atoms with E-state index in [1.807, 2.05) is 48.5 Å². The molecule has 0 spiro atoms. The van der Waals surface area contributed by atoms with Crippen molar-refractivity contribution >= 4 is 49.6 Å². The van der Waals surface area contributed by atoms with E-state index in [9.17, 15) is 4.79 Å². The van der Waals surface area contributed by atoms with E-state index in [2.05, 4.69) is 35.8 Å². The van der Waals surface area contributed by atoms with Gasteiger partial charge in [-0.15, -0.1) is 11.3 Å². The van der Waals surface area contributed by atoms with Crippen LogP contribution in [-0.4, -0.2) is 14.5 Å². The number of aromatic nitrogens is 3. The first-order valence-electron chi connectivity index (χ1n) is 9.89. The lowest BCUT2D eigenvalue weighted by atomic mass is 10.1. The summed E-state index contributed by atoms with van der Waals surface area (Å²) in [7, 11) is 0. The van der Waals surface area contributed by atoms with E-state index in [4.69, 9.17) is 4.98 Å². The predicted octanol–water partition coefficient (Wildman–Crippen LogP) is 5.99. The van der Waals surface area contributed by atoms with E-state index < -0.39 is 0 Å². The van der Waals surface area contributed by atoms with Gasteiger partial charge >= 0.3 is 0 Å². The second-order valence-electron chi connectivity index (χ2n) is 7.14. The van der Waals surface area contributed by atoms with Crippen molar-refractivity contribution in [2.45, 2.75) is 17.5 Å². The fraction of sp³-hybridized carbons (Fsp3) is 0.0800. The van der Waals surface area contributed by atoms with Crippen molar-refractivity contribution in [2.24, 2.45) is 0 Å². The second-order valence-corrected chi connectivity index (χ2v) is 9.08. The van der Waals surface area contributed by atoms with Gasteiger partial charge in [-0.05, 0) is 28.8 Å². The molecule has 0 bridgehead atoms. The molecule has 0 atom stereocenters. The lowest BCUT2D eigenvalue weighted by Gasteiger charge is -2.12. The SMILES string of the molecule is C=Cc1ccc(CSc2nc3c(sc4ncccc43)c(=O)n2Cc2ccccc2)cc1. The number of nitrogens with zero attached hydrogens (tertiary/aromatic N) is 3. The van der Waals surface area contributed by atoms with Crippen LogP contribution in [0.25, 0.3) is 26.5 Å². The Balaban J connectivity index is 1.60. The number of hydrogen-bond acceptors (Lipinski definition) is 5. The molecule has 5 aromatic rings. The number of hydrogen-bond donors (Lipinski definition) is 0. The molecule has 0 N–H and O–H groups in total. The van der Waals surface area contributed by atoms with Crippen LogP contribution >= 0.6 is 23.1 Å². The summed E-state index contributed by atoms with van der Waals surface area (Å²) in [6, 6.07) is 22.2. The number of thiophene rings is 1. The van der Waals surface area contributed by atoms with Crippen LogP contribution in [0.5, 0.6) is 0 Å². The monoisotopic (exact) mass is 441 g/mol. The molecule has 6 heteroatoms. The third-order valence-corrected chi connectivity index (χ3v) is 7.22. The first kappa shape index (κ1) is 19.7. The third-order valence-electron chi connectivity index (χ3n) is 5.08. The molecule has 0 saturated carbocycles. The highest BCUT2D eigenvalue weighted by Crippen LogP contribution is 2.31. The summed E-state index contributed by atoms with van der Waals surface area (Å²) < 4.78 is 2.44. The molecule has 0 amide bonds. The minimum Gasteiger partial charge on any atom is -0.282 e. The van der Waals surface area contributed by atoms with Gasteiger partial charge in [-0.1, -0.05) is 79.0 Å². The number of pyridine rings is 1. The fourth-order valence-electron chi connectivity index (χ4n) is 3.45. The summed E-state index contributed by atoms with van der Waals surface area (Å²) in [5.41, 5.74) is 4.06. The zero-order valence-electron chi connectivity index (χ0n) is 16.7. The van der Waals surface area contributed by atoms with Gasteiger partial charge in [0.1, 0.15) is 9.53 Å². The van der Waals surface area contributed by atoms with Gasteiger partial charge in [0.05, 0.1) is 12.1 Å². The molecule has 0 aliphatic rings. The molecule has 2 aromatic carbocycles. The second kappa shape index (κ2) is 8.49. The van der Waals surface area contributed by atoms with Gasteiger partial charge in [-0.25, -0.2) is 9.97 Å². The minimum absolute atomic E-state index is 0.0126. The molecular formula is C25H19N3OS2. The maximum atomic E-state index is 13.5. The van der Waals surface area contributed by atoms with Crippen LogP contribution < -0.4 is 5.56 Å². The normalized spacial score (nSPS) is 11.2. The largest absolute Gasteiger partial charge is 0.282 e. The van der Waals surface area contributed by atoms with Crippen LogP contribution in [0.1, 0.15) is 16.7 Å². The molecule has 0 unspecified atom stereocenters. The van der Waals surface area contributed by atoms with E-state index in [-0.39, 0.29) is 5.56 Å². The number of rotatable bonds is 6. The molecule has 152 valence electrons. The first-order chi connectivity index (χ1) is 15.2. The van der Waals surface area contributed by atoms with Crippen molar-refractivity contribution in [3.63, 3.8) is 0 Å². The highest BCUT2D eigenvalue weighted by molar-refractivity contribution is 7.98. The Morgan fingerprint density at radius 3 is 2.58 bits per heavy atom. The summed E-state index contributed by atoms with van der Waals surface area (Å²) in [6.45, 7) is 4.29. The van der Waals surface area contributed by atoms with Gasteiger partial charge < -0.3 is 0 Å². The number of benzene rings is 2. The Bertz CT molecular complexity index is 1440. The zero-order valence-corrected chi connectivity index (χ0v) is 18.3. The lowest BCUT2D eigenvalue weighted by Crippen LogP contribution is -2.23. The summed E-state index contributed by atoms with van der Waals surface area (Å²) in [5.74, 6) is 0.727. The standard InChI is InChI=1S/C25H19N3OS2/c1-2-17-10-12-19(13-11-17)16-30-25-27-21-20-9-6-14-26-23(20)31-22(21)24(29)28(25)15-18-7-4-3-5-8-18/h2-14H,1,15-16H2. The average Bonchev–Trinajstić information content (AvgIpc) is 3.20. The van der Waals surface area contributed by atoms with E-state index in [1.165, 1.54) is 16.9 Å². The molecular weight excluding hydrogens is 422 g/mol. The molecule has 3 heterocycles. The van der Waals surface area contributed by atoms with Gasteiger partial charge in [0.15, 0.2) is 5.16 Å². The Morgan fingerprint density at radius 2 is 1.81 bits per heavy atom. The fourth-order valence-corrected chi connectivity index (χ4v) is 5.43. The van der Waals surface area contributed by atoms with Crippen molar-refractivity contribution in [3.05, 3.63) is 107 Å². The highest BCUT2D eigenvalue weighted by atomic mass is 32.2. The minimum atomic E-state index is -0.0126. The van der Waals surface area contributed by atoms with Gasteiger partial charge in [0, 0.05) is 17.3 Å². The van der Waals surface area contributed by atoms with Crippen LogP contribution in [0.3, 0.4) is 0 Å². The summed E-state index contributed by atoms with van der Waals surface area (Å²) in [6.07, 6.45) is 3.59. The van der Waals surface area contributed by atoms with Crippen molar-refractivity contribution in [2.75, 3.05) is 0 Å². The summed E-state index contributed by atoms with van der Waals surface area (Å²) in [5, 5.41) is 1.65. The maximum Gasteiger partial charge on any atom is 0.272 e. The van der Waals surface area contributed by atoms with Crippen molar-refractivity contribution in [3.8, 4) is 0 Å². The number of thioether (sulfide) groups is 1. The smallest absolute Gasteiger partial charge is 0.272 e. The predicted molar refractivity (Wildman–Crippen MR) is 131 cm³/mol. The quantitative estimate of drug-likeness (QED) is 0.240. The van der Waals surface area contributed by atoms with E-state index in [0.717, 1.165) is 37.8 Å². The van der Waals surface area contributed by atoms with Crippen molar-refractivity contribution in [1.82, 2.24) is 14.5 Å². The van der Waals surface area contributed by atoms with Gasteiger partial charge in [-0.2, -0.15) is 0 Å². The van der Waals surface area contributed by atoms with Crippen LogP contribution in [0.4, 0.5) is 0 Å². The Labute approximate surface area is 187 Å². The van der Waals surface area contributed by atoms with Crippen LogP contribution in [-0.2, 0) is 12.3 Å². The van der Waals surface area contributed by atoms with E-state index in [1.54, 1.807) is 22.5 Å². The molecule has 0 aliphatic carbocycles. The number of fused-ring (bicyclic) bond motifs is 3. The Kier molecular flexibility index (Phi) is 5.40. The molecule has 5 rings (SSSR count). The molecule has 4 nitrogen and oxygen atoms in total. The lowest BCUT2D eigenvalue weighted by molar-refractivity contribution is 0.659. The third kappa shape index (κ3) is 3.92. The molecule has 0 radical (unpaired) electrons. The maximum absolute atomic E-state index is 13.5. The van der Waals surface area contributed by atoms with E-state index >= 15 is 0 Å². The van der Waals surface area contributed by atoms with Crippen LogP contribution in [0.2, 0.25) is 0 Å². The molecule has 31 heavy (non-hydrogen) atoms. The van der Waals surface area contributed by atoms with Crippen LogP contribution in [0, 0.1) is 0 Å². The van der Waals surface area contributed by atoms with Crippen molar-refractivity contribution in [1.29, 1.82) is 0 Å². The summed E-state index contributed by atoms with van der Waals surface area (Å²) >= 11 is 3.00. The molecule has 0 saturated heterocycles.